The minimum Gasteiger partial charge on any atom is -0.497 e. The van der Waals surface area contributed by atoms with Crippen LogP contribution in [-0.2, 0) is 4.79 Å². The maximum absolute atomic E-state index is 13.3. The number of carbonyl (C=O) groups excluding carboxylic acids is 1. The molecule has 2 aromatic heterocycles. The Balaban J connectivity index is 1.35. The molecular weight excluding hydrogens is 467 g/mol. The van der Waals surface area contributed by atoms with E-state index in [0.717, 1.165) is 21.9 Å². The van der Waals surface area contributed by atoms with Gasteiger partial charge in [-0.1, -0.05) is 41.3 Å². The Morgan fingerprint density at radius 1 is 1.12 bits per heavy atom. The molecule has 4 aromatic rings. The standard InChI is InChI=1S/C22H19FN4O2S3/c1-29-17-10-8-16(9-11-17)24-21-26-27-22(32-21)31-13-19(28)25-20(18-3-2-12-30-18)14-4-6-15(23)7-5-14/h2-12,20H,13H2,1H3,(H,24,26)(H,25,28). The number of benzene rings is 2. The average Bonchev–Trinajstić information content (AvgIpc) is 3.50. The van der Waals surface area contributed by atoms with Crippen LogP contribution in [0.1, 0.15) is 16.5 Å². The molecule has 0 radical (unpaired) electrons. The lowest BCUT2D eigenvalue weighted by Gasteiger charge is -2.18. The molecule has 0 bridgehead atoms. The number of halogens is 1. The molecule has 2 N–H and O–H groups in total. The number of nitrogens with one attached hydrogen (secondary N) is 2. The van der Waals surface area contributed by atoms with Crippen molar-refractivity contribution in [2.45, 2.75) is 10.4 Å². The predicted molar refractivity (Wildman–Crippen MR) is 128 cm³/mol. The summed E-state index contributed by atoms with van der Waals surface area (Å²) >= 11 is 4.23. The zero-order chi connectivity index (χ0) is 22.3. The second-order valence-corrected chi connectivity index (χ2v) is 9.76. The van der Waals surface area contributed by atoms with E-state index in [1.807, 2.05) is 41.8 Å². The zero-order valence-electron chi connectivity index (χ0n) is 16.9. The minimum absolute atomic E-state index is 0.141. The largest absolute Gasteiger partial charge is 0.497 e. The van der Waals surface area contributed by atoms with Crippen molar-refractivity contribution in [3.8, 4) is 5.75 Å². The molecule has 2 heterocycles. The molecule has 0 fully saturated rings. The second-order valence-electron chi connectivity index (χ2n) is 6.58. The highest BCUT2D eigenvalue weighted by Gasteiger charge is 2.18. The van der Waals surface area contributed by atoms with Crippen LogP contribution in [0.4, 0.5) is 15.2 Å². The van der Waals surface area contributed by atoms with Crippen LogP contribution in [-0.4, -0.2) is 29.0 Å². The highest BCUT2D eigenvalue weighted by atomic mass is 32.2. The summed E-state index contributed by atoms with van der Waals surface area (Å²) in [7, 11) is 1.62. The molecule has 10 heteroatoms. The van der Waals surface area contributed by atoms with Gasteiger partial charge in [0.05, 0.1) is 18.9 Å². The number of thioether (sulfide) groups is 1. The minimum atomic E-state index is -0.328. The molecule has 4 rings (SSSR count). The lowest BCUT2D eigenvalue weighted by molar-refractivity contribution is -0.119. The van der Waals surface area contributed by atoms with E-state index in [2.05, 4.69) is 20.8 Å². The highest BCUT2D eigenvalue weighted by Crippen LogP contribution is 2.29. The molecular formula is C22H19FN4O2S3. The molecule has 0 saturated heterocycles. The molecule has 1 unspecified atom stereocenters. The fourth-order valence-electron chi connectivity index (χ4n) is 2.88. The fraction of sp³-hybridized carbons (Fsp3) is 0.136. The van der Waals surface area contributed by atoms with Crippen molar-refractivity contribution in [1.82, 2.24) is 15.5 Å². The first-order valence-electron chi connectivity index (χ1n) is 9.56. The first-order valence-corrected chi connectivity index (χ1v) is 12.2. The summed E-state index contributed by atoms with van der Waals surface area (Å²) < 4.78 is 19.2. The van der Waals surface area contributed by atoms with Gasteiger partial charge in [0, 0.05) is 10.6 Å². The van der Waals surface area contributed by atoms with Crippen molar-refractivity contribution >= 4 is 51.2 Å². The number of aromatic nitrogens is 2. The third kappa shape index (κ3) is 5.84. The molecule has 1 atom stereocenters. The quantitative estimate of drug-likeness (QED) is 0.305. The lowest BCUT2D eigenvalue weighted by atomic mass is 10.1. The van der Waals surface area contributed by atoms with Gasteiger partial charge in [-0.2, -0.15) is 0 Å². The summed E-state index contributed by atoms with van der Waals surface area (Å²) in [6.45, 7) is 0. The second kappa shape index (κ2) is 10.6. The van der Waals surface area contributed by atoms with Crippen molar-refractivity contribution < 1.29 is 13.9 Å². The van der Waals surface area contributed by atoms with Gasteiger partial charge in [0.2, 0.25) is 11.0 Å². The van der Waals surface area contributed by atoms with Crippen LogP contribution in [0.15, 0.2) is 70.4 Å². The summed E-state index contributed by atoms with van der Waals surface area (Å²) in [6, 6.07) is 17.2. The SMILES string of the molecule is COc1ccc(Nc2nnc(SCC(=O)NC(c3ccc(F)cc3)c3cccs3)s2)cc1. The third-order valence-electron chi connectivity index (χ3n) is 4.41. The smallest absolute Gasteiger partial charge is 0.231 e. The monoisotopic (exact) mass is 486 g/mol. The maximum Gasteiger partial charge on any atom is 0.231 e. The van der Waals surface area contributed by atoms with Gasteiger partial charge in [-0.05, 0) is 53.4 Å². The van der Waals surface area contributed by atoms with E-state index in [1.54, 1.807) is 30.6 Å². The number of thiophene rings is 1. The number of methoxy groups -OCH3 is 1. The Morgan fingerprint density at radius 3 is 2.59 bits per heavy atom. The predicted octanol–water partition coefficient (Wildman–Crippen LogP) is 5.49. The van der Waals surface area contributed by atoms with E-state index >= 15 is 0 Å². The van der Waals surface area contributed by atoms with E-state index in [9.17, 15) is 9.18 Å². The first-order chi connectivity index (χ1) is 15.6. The van der Waals surface area contributed by atoms with Gasteiger partial charge in [-0.15, -0.1) is 21.5 Å². The summed E-state index contributed by atoms with van der Waals surface area (Å²) in [4.78, 5) is 13.6. The zero-order valence-corrected chi connectivity index (χ0v) is 19.4. The highest BCUT2D eigenvalue weighted by molar-refractivity contribution is 8.01. The number of hydrogen-bond donors (Lipinski definition) is 2. The number of rotatable bonds is 9. The van der Waals surface area contributed by atoms with Gasteiger partial charge in [0.15, 0.2) is 4.34 Å². The van der Waals surface area contributed by atoms with Crippen molar-refractivity contribution in [3.05, 3.63) is 82.3 Å². The Labute approximate surface area is 196 Å². The normalized spacial score (nSPS) is 11.7. The van der Waals surface area contributed by atoms with Crippen LogP contribution in [0, 0.1) is 5.82 Å². The van der Waals surface area contributed by atoms with Crippen LogP contribution in [0.5, 0.6) is 5.75 Å². The fourth-order valence-corrected chi connectivity index (χ4v) is 5.26. The Bertz CT molecular complexity index is 1150. The van der Waals surface area contributed by atoms with Gasteiger partial charge in [0.25, 0.3) is 0 Å². The average molecular weight is 487 g/mol. The molecule has 164 valence electrons. The molecule has 2 aromatic carbocycles. The van der Waals surface area contributed by atoms with Gasteiger partial charge >= 0.3 is 0 Å². The first kappa shape index (κ1) is 22.3. The van der Waals surface area contributed by atoms with Crippen LogP contribution < -0.4 is 15.4 Å². The van der Waals surface area contributed by atoms with Crippen LogP contribution >= 0.6 is 34.4 Å². The third-order valence-corrected chi connectivity index (χ3v) is 7.32. The van der Waals surface area contributed by atoms with E-state index in [1.165, 1.54) is 35.2 Å². The van der Waals surface area contributed by atoms with E-state index in [0.29, 0.717) is 9.47 Å². The number of anilines is 2. The molecule has 0 spiro atoms. The van der Waals surface area contributed by atoms with E-state index < -0.39 is 0 Å². The van der Waals surface area contributed by atoms with Crippen LogP contribution in [0.3, 0.4) is 0 Å². The number of nitrogens with zero attached hydrogens (tertiary/aromatic N) is 2. The Morgan fingerprint density at radius 2 is 1.91 bits per heavy atom. The Kier molecular flexibility index (Phi) is 7.35. The van der Waals surface area contributed by atoms with Gasteiger partial charge in [0.1, 0.15) is 11.6 Å². The van der Waals surface area contributed by atoms with Crippen molar-refractivity contribution in [2.75, 3.05) is 18.2 Å². The molecule has 0 aliphatic heterocycles. The Hall–Kier alpha value is -2.95. The number of ether oxygens (including phenoxy) is 1. The van der Waals surface area contributed by atoms with Gasteiger partial charge in [-0.25, -0.2) is 4.39 Å². The number of hydrogen-bond acceptors (Lipinski definition) is 8. The molecule has 6 nitrogen and oxygen atoms in total. The van der Waals surface area contributed by atoms with Crippen LogP contribution in [0.2, 0.25) is 0 Å². The number of carbonyl (C=O) groups is 1. The number of amides is 1. The van der Waals surface area contributed by atoms with E-state index in [-0.39, 0.29) is 23.5 Å². The van der Waals surface area contributed by atoms with Crippen LogP contribution in [0.25, 0.3) is 0 Å². The molecule has 0 aliphatic rings. The van der Waals surface area contributed by atoms with Crippen molar-refractivity contribution in [3.63, 3.8) is 0 Å². The van der Waals surface area contributed by atoms with Crippen molar-refractivity contribution in [1.29, 1.82) is 0 Å². The molecule has 0 aliphatic carbocycles. The topological polar surface area (TPSA) is 76.1 Å². The molecule has 0 saturated carbocycles. The summed E-state index contributed by atoms with van der Waals surface area (Å²) in [6.07, 6.45) is 0. The summed E-state index contributed by atoms with van der Waals surface area (Å²) in [5.74, 6) is 0.519. The lowest BCUT2D eigenvalue weighted by Crippen LogP contribution is -2.30. The van der Waals surface area contributed by atoms with E-state index in [4.69, 9.17) is 4.74 Å². The summed E-state index contributed by atoms with van der Waals surface area (Å²) in [5, 5.41) is 17.1. The molecule has 1 amide bonds. The maximum atomic E-state index is 13.3. The summed E-state index contributed by atoms with van der Waals surface area (Å²) in [5.41, 5.74) is 1.70. The molecule has 32 heavy (non-hydrogen) atoms. The van der Waals surface area contributed by atoms with Crippen molar-refractivity contribution in [2.24, 2.45) is 0 Å². The van der Waals surface area contributed by atoms with Gasteiger partial charge < -0.3 is 15.4 Å². The van der Waals surface area contributed by atoms with Gasteiger partial charge in [-0.3, -0.25) is 4.79 Å².